The maximum absolute atomic E-state index is 12.3. The molecular weight excluding hydrogens is 289 g/mol. The number of halogens is 2. The maximum Gasteiger partial charge on any atom is 0.254 e. The van der Waals surface area contributed by atoms with Gasteiger partial charge in [-0.1, -0.05) is 0 Å². The van der Waals surface area contributed by atoms with Crippen LogP contribution in [0.15, 0.2) is 12.1 Å². The van der Waals surface area contributed by atoms with E-state index in [0.717, 1.165) is 42.8 Å². The zero-order chi connectivity index (χ0) is 12.5. The Labute approximate surface area is 123 Å². The predicted octanol–water partition coefficient (Wildman–Crippen LogP) is 2.46. The lowest BCUT2D eigenvalue weighted by Crippen LogP contribution is -2.38. The van der Waals surface area contributed by atoms with Gasteiger partial charge in [-0.25, -0.2) is 0 Å². The molecule has 6 heteroatoms. The van der Waals surface area contributed by atoms with E-state index in [-0.39, 0.29) is 25.1 Å². The lowest BCUT2D eigenvalue weighted by molar-refractivity contribution is 0.0740. The number of rotatable bonds is 3. The van der Waals surface area contributed by atoms with E-state index in [2.05, 4.69) is 0 Å². The van der Waals surface area contributed by atoms with Crippen molar-refractivity contribution in [1.29, 1.82) is 0 Å². The second-order valence-corrected chi connectivity index (χ2v) is 4.83. The molecule has 0 unspecified atom stereocenters. The van der Waals surface area contributed by atoms with Crippen LogP contribution in [0.5, 0.6) is 11.5 Å². The van der Waals surface area contributed by atoms with E-state index in [0.29, 0.717) is 11.6 Å². The fourth-order valence-electron chi connectivity index (χ4n) is 2.38. The third-order valence-electron chi connectivity index (χ3n) is 3.33. The van der Waals surface area contributed by atoms with Crippen molar-refractivity contribution in [3.05, 3.63) is 23.3 Å². The average Bonchev–Trinajstić information content (AvgIpc) is 2.83. The quantitative estimate of drug-likeness (QED) is 0.805. The number of carbonyl (C=O) groups is 1. The summed E-state index contributed by atoms with van der Waals surface area (Å²) in [4.78, 5) is 14.2. The highest BCUT2D eigenvalue weighted by Gasteiger charge is 2.27. The normalized spacial score (nSPS) is 16.1. The Morgan fingerprint density at radius 2 is 2.00 bits per heavy atom. The number of benzene rings is 1. The Bertz CT molecular complexity index is 493. The van der Waals surface area contributed by atoms with Gasteiger partial charge in [-0.2, -0.15) is 0 Å². The summed E-state index contributed by atoms with van der Waals surface area (Å²) in [6.07, 6.45) is 1.69. The minimum atomic E-state index is 0. The fourth-order valence-corrected chi connectivity index (χ4v) is 2.50. The summed E-state index contributed by atoms with van der Waals surface area (Å²) in [5, 5.41) is 0. The molecule has 0 aliphatic carbocycles. The Balaban J connectivity index is 0.00000133. The molecule has 2 heterocycles. The first-order valence-electron chi connectivity index (χ1n) is 6.07. The molecule has 0 radical (unpaired) electrons. The first kappa shape index (κ1) is 14.3. The van der Waals surface area contributed by atoms with Gasteiger partial charge in [0.05, 0.1) is 0 Å². The highest BCUT2D eigenvalue weighted by Crippen LogP contribution is 2.36. The van der Waals surface area contributed by atoms with Crippen LogP contribution in [-0.4, -0.2) is 36.6 Å². The molecule has 1 amide bonds. The van der Waals surface area contributed by atoms with Crippen LogP contribution in [0.1, 0.15) is 22.3 Å². The summed E-state index contributed by atoms with van der Waals surface area (Å²) >= 11 is 5.67. The minimum absolute atomic E-state index is 0. The predicted molar refractivity (Wildman–Crippen MR) is 74.8 cm³/mol. The summed E-state index contributed by atoms with van der Waals surface area (Å²) in [5.74, 6) is 2.06. The molecule has 0 atom stereocenters. The Kier molecular flexibility index (Phi) is 4.42. The summed E-state index contributed by atoms with van der Waals surface area (Å²) in [5.41, 5.74) is 1.78. The van der Waals surface area contributed by atoms with Crippen molar-refractivity contribution in [3.8, 4) is 11.5 Å². The first-order chi connectivity index (χ1) is 8.79. The van der Waals surface area contributed by atoms with Crippen LogP contribution in [0.2, 0.25) is 0 Å². The SMILES string of the molecule is Cl.O=C1c2cc3c(cc2CCN1CCCCl)OCO3. The molecule has 0 fully saturated rings. The van der Waals surface area contributed by atoms with E-state index < -0.39 is 0 Å². The molecule has 0 saturated carbocycles. The molecule has 4 nitrogen and oxygen atoms in total. The summed E-state index contributed by atoms with van der Waals surface area (Å²) in [7, 11) is 0. The standard InChI is InChI=1S/C13H14ClNO3.ClH/c14-3-1-4-15-5-2-9-6-11-12(18-8-17-11)7-10(9)13(15)16;/h6-7H,1-5,8H2;1H. The van der Waals surface area contributed by atoms with Crippen molar-refractivity contribution in [1.82, 2.24) is 4.90 Å². The second-order valence-electron chi connectivity index (χ2n) is 4.45. The molecule has 3 rings (SSSR count). The van der Waals surface area contributed by atoms with Crippen LogP contribution in [-0.2, 0) is 6.42 Å². The van der Waals surface area contributed by atoms with Crippen molar-refractivity contribution >= 4 is 29.9 Å². The lowest BCUT2D eigenvalue weighted by atomic mass is 9.98. The van der Waals surface area contributed by atoms with Gasteiger partial charge in [0.25, 0.3) is 5.91 Å². The number of alkyl halides is 1. The Hall–Kier alpha value is -1.13. The lowest BCUT2D eigenvalue weighted by Gasteiger charge is -2.28. The highest BCUT2D eigenvalue weighted by molar-refractivity contribution is 6.17. The van der Waals surface area contributed by atoms with Crippen molar-refractivity contribution in [2.24, 2.45) is 0 Å². The average molecular weight is 304 g/mol. The summed E-state index contributed by atoms with van der Waals surface area (Å²) in [6.45, 7) is 1.71. The monoisotopic (exact) mass is 303 g/mol. The van der Waals surface area contributed by atoms with Gasteiger partial charge < -0.3 is 14.4 Å². The highest BCUT2D eigenvalue weighted by atomic mass is 35.5. The molecule has 2 aliphatic heterocycles. The molecule has 1 aromatic rings. The van der Waals surface area contributed by atoms with Gasteiger partial charge in [-0.05, 0) is 30.5 Å². The zero-order valence-electron chi connectivity index (χ0n) is 10.4. The van der Waals surface area contributed by atoms with Gasteiger partial charge in [0.15, 0.2) is 11.5 Å². The van der Waals surface area contributed by atoms with E-state index in [1.54, 1.807) is 6.07 Å². The number of carbonyl (C=O) groups excluding carboxylic acids is 1. The molecule has 0 N–H and O–H groups in total. The molecule has 19 heavy (non-hydrogen) atoms. The summed E-state index contributed by atoms with van der Waals surface area (Å²) < 4.78 is 10.6. The zero-order valence-corrected chi connectivity index (χ0v) is 11.9. The van der Waals surface area contributed by atoms with Gasteiger partial charge in [0, 0.05) is 24.5 Å². The van der Waals surface area contributed by atoms with E-state index in [1.165, 1.54) is 0 Å². The van der Waals surface area contributed by atoms with Gasteiger partial charge >= 0.3 is 0 Å². The fraction of sp³-hybridized carbons (Fsp3) is 0.462. The number of nitrogens with zero attached hydrogens (tertiary/aromatic N) is 1. The van der Waals surface area contributed by atoms with Gasteiger partial charge in [-0.15, -0.1) is 24.0 Å². The summed E-state index contributed by atoms with van der Waals surface area (Å²) in [6, 6.07) is 3.72. The topological polar surface area (TPSA) is 38.8 Å². The molecule has 2 aliphatic rings. The third-order valence-corrected chi connectivity index (χ3v) is 3.60. The van der Waals surface area contributed by atoms with Crippen LogP contribution in [0.25, 0.3) is 0 Å². The van der Waals surface area contributed by atoms with Crippen LogP contribution in [0, 0.1) is 0 Å². The van der Waals surface area contributed by atoms with Crippen molar-refractivity contribution < 1.29 is 14.3 Å². The van der Waals surface area contributed by atoms with E-state index in [4.69, 9.17) is 21.1 Å². The number of hydrogen-bond acceptors (Lipinski definition) is 3. The van der Waals surface area contributed by atoms with E-state index in [9.17, 15) is 4.79 Å². The van der Waals surface area contributed by atoms with Crippen LogP contribution in [0.3, 0.4) is 0 Å². The number of fused-ring (bicyclic) bond motifs is 2. The largest absolute Gasteiger partial charge is 0.454 e. The van der Waals surface area contributed by atoms with Crippen molar-refractivity contribution in [3.63, 3.8) is 0 Å². The van der Waals surface area contributed by atoms with Crippen LogP contribution >= 0.6 is 24.0 Å². The second kappa shape index (κ2) is 5.88. The Morgan fingerprint density at radius 1 is 1.26 bits per heavy atom. The molecule has 0 aromatic heterocycles. The number of hydrogen-bond donors (Lipinski definition) is 0. The van der Waals surface area contributed by atoms with Crippen molar-refractivity contribution in [2.75, 3.05) is 25.8 Å². The van der Waals surface area contributed by atoms with Crippen LogP contribution < -0.4 is 9.47 Å². The van der Waals surface area contributed by atoms with Gasteiger partial charge in [0.1, 0.15) is 0 Å². The van der Waals surface area contributed by atoms with Gasteiger partial charge in [-0.3, -0.25) is 4.79 Å². The molecule has 0 spiro atoms. The smallest absolute Gasteiger partial charge is 0.254 e. The third kappa shape index (κ3) is 2.60. The molecule has 0 bridgehead atoms. The molecule has 1 aromatic carbocycles. The van der Waals surface area contributed by atoms with E-state index >= 15 is 0 Å². The molecule has 104 valence electrons. The maximum atomic E-state index is 12.3. The molecular formula is C13H15Cl2NO3. The van der Waals surface area contributed by atoms with Gasteiger partial charge in [0.2, 0.25) is 6.79 Å². The molecule has 0 saturated heterocycles. The number of amides is 1. The van der Waals surface area contributed by atoms with E-state index in [1.807, 2.05) is 11.0 Å². The first-order valence-corrected chi connectivity index (χ1v) is 6.61. The number of ether oxygens (including phenoxy) is 2. The van der Waals surface area contributed by atoms with Crippen molar-refractivity contribution in [2.45, 2.75) is 12.8 Å². The van der Waals surface area contributed by atoms with Crippen LogP contribution in [0.4, 0.5) is 0 Å². The minimum Gasteiger partial charge on any atom is -0.454 e. The Morgan fingerprint density at radius 3 is 2.74 bits per heavy atom.